The lowest BCUT2D eigenvalue weighted by atomic mass is 9.89. The first-order valence-electron chi connectivity index (χ1n) is 9.13. The summed E-state index contributed by atoms with van der Waals surface area (Å²) in [7, 11) is -1.71. The van der Waals surface area contributed by atoms with E-state index in [1.165, 1.54) is 48.1 Å². The number of hydrogen-bond donors (Lipinski definition) is 0. The summed E-state index contributed by atoms with van der Waals surface area (Å²) in [6, 6.07) is 0. The van der Waals surface area contributed by atoms with Crippen molar-refractivity contribution in [2.75, 3.05) is 0 Å². The van der Waals surface area contributed by atoms with Crippen LogP contribution in [0.3, 0.4) is 0 Å². The summed E-state index contributed by atoms with van der Waals surface area (Å²) in [6.45, 7) is 16.0. The third-order valence-electron chi connectivity index (χ3n) is 6.20. The van der Waals surface area contributed by atoms with E-state index in [9.17, 15) is 0 Å². The van der Waals surface area contributed by atoms with Crippen molar-refractivity contribution in [3.8, 4) is 0 Å². The van der Waals surface area contributed by atoms with Crippen LogP contribution < -0.4 is 0 Å². The summed E-state index contributed by atoms with van der Waals surface area (Å²) in [5.41, 5.74) is 4.22. The normalized spacial score (nSPS) is 25.7. The molecule has 0 aromatic carbocycles. The minimum absolute atomic E-state index is 0.260. The molecular weight excluding hydrogens is 300 g/mol. The zero-order chi connectivity index (χ0) is 16.8. The summed E-state index contributed by atoms with van der Waals surface area (Å²) >= 11 is 0. The molecule has 1 saturated carbocycles. The highest BCUT2D eigenvalue weighted by atomic mass is 28.4. The van der Waals surface area contributed by atoms with E-state index < -0.39 is 8.32 Å². The lowest BCUT2D eigenvalue weighted by Crippen LogP contribution is -2.43. The van der Waals surface area contributed by atoms with Crippen LogP contribution in [0.4, 0.5) is 0 Å². The molecule has 1 heterocycles. The predicted molar refractivity (Wildman–Crippen MR) is 98.5 cm³/mol. The fourth-order valence-corrected chi connectivity index (χ4v) is 5.13. The quantitative estimate of drug-likeness (QED) is 0.501. The average Bonchev–Trinajstić information content (AvgIpc) is 3.00. The fourth-order valence-electron chi connectivity index (χ4n) is 3.76. The van der Waals surface area contributed by atoms with Gasteiger partial charge in [0.1, 0.15) is 5.76 Å². The predicted octanol–water partition coefficient (Wildman–Crippen LogP) is 5.98. The van der Waals surface area contributed by atoms with Crippen LogP contribution in [0, 0.1) is 0 Å². The van der Waals surface area contributed by atoms with E-state index in [0.717, 1.165) is 12.8 Å². The molecule has 2 aliphatic rings. The van der Waals surface area contributed by atoms with Crippen molar-refractivity contribution >= 4 is 8.32 Å². The molecule has 2 atom stereocenters. The molecule has 0 aliphatic heterocycles. The van der Waals surface area contributed by atoms with Gasteiger partial charge in [-0.3, -0.25) is 0 Å². The van der Waals surface area contributed by atoms with E-state index in [2.05, 4.69) is 40.4 Å². The van der Waals surface area contributed by atoms with Crippen LogP contribution in [0.5, 0.6) is 0 Å². The van der Waals surface area contributed by atoms with Gasteiger partial charge in [-0.1, -0.05) is 32.9 Å². The van der Waals surface area contributed by atoms with Crippen LogP contribution in [0.25, 0.3) is 0 Å². The highest BCUT2D eigenvalue weighted by Crippen LogP contribution is 2.46. The Morgan fingerprint density at radius 3 is 2.61 bits per heavy atom. The van der Waals surface area contributed by atoms with Crippen LogP contribution >= 0.6 is 0 Å². The molecule has 3 heteroatoms. The van der Waals surface area contributed by atoms with Crippen LogP contribution in [-0.4, -0.2) is 14.4 Å². The van der Waals surface area contributed by atoms with Gasteiger partial charge >= 0.3 is 0 Å². The Labute approximate surface area is 142 Å². The van der Waals surface area contributed by atoms with E-state index in [1.807, 2.05) is 6.26 Å². The van der Waals surface area contributed by atoms with Crippen molar-refractivity contribution in [3.05, 3.63) is 35.3 Å². The molecule has 0 N–H and O–H groups in total. The van der Waals surface area contributed by atoms with Gasteiger partial charge in [-0.2, -0.15) is 0 Å². The maximum Gasteiger partial charge on any atom is 0.192 e. The van der Waals surface area contributed by atoms with Gasteiger partial charge in [0.15, 0.2) is 8.32 Å². The van der Waals surface area contributed by atoms with Gasteiger partial charge in [-0.05, 0) is 67.8 Å². The summed E-state index contributed by atoms with van der Waals surface area (Å²) in [4.78, 5) is 0. The molecule has 0 radical (unpaired) electrons. The van der Waals surface area contributed by atoms with Crippen molar-refractivity contribution in [3.63, 3.8) is 0 Å². The van der Waals surface area contributed by atoms with Crippen molar-refractivity contribution < 1.29 is 8.84 Å². The lowest BCUT2D eigenvalue weighted by Gasteiger charge is -2.38. The fraction of sp³-hybridized carbons (Fsp3) is 0.700. The minimum atomic E-state index is -1.71. The van der Waals surface area contributed by atoms with Gasteiger partial charge in [0, 0.05) is 12.0 Å². The summed E-state index contributed by atoms with van der Waals surface area (Å²) in [5, 5.41) is 0.260. The van der Waals surface area contributed by atoms with Gasteiger partial charge in [0.2, 0.25) is 0 Å². The van der Waals surface area contributed by atoms with Crippen LogP contribution in [0.15, 0.2) is 22.8 Å². The van der Waals surface area contributed by atoms with E-state index in [0.29, 0.717) is 12.0 Å². The van der Waals surface area contributed by atoms with E-state index in [4.69, 9.17) is 8.84 Å². The summed E-state index contributed by atoms with van der Waals surface area (Å²) < 4.78 is 12.7. The van der Waals surface area contributed by atoms with Crippen LogP contribution in [-0.2, 0) is 17.3 Å². The number of rotatable bonds is 3. The molecule has 1 aromatic heterocycles. The Bertz CT molecular complexity index is 591. The monoisotopic (exact) mass is 332 g/mol. The second kappa shape index (κ2) is 5.93. The van der Waals surface area contributed by atoms with Gasteiger partial charge < -0.3 is 8.84 Å². The Morgan fingerprint density at radius 1 is 1.22 bits per heavy atom. The molecule has 0 unspecified atom stereocenters. The Kier molecular flexibility index (Phi) is 4.39. The second-order valence-corrected chi connectivity index (χ2v) is 13.7. The topological polar surface area (TPSA) is 22.4 Å². The molecule has 0 saturated heterocycles. The molecule has 3 rings (SSSR count). The zero-order valence-corrected chi connectivity index (χ0v) is 16.5. The first-order chi connectivity index (χ1) is 10.7. The molecule has 2 aliphatic carbocycles. The van der Waals surface area contributed by atoms with E-state index in [-0.39, 0.29) is 5.04 Å². The molecule has 128 valence electrons. The van der Waals surface area contributed by atoms with Crippen molar-refractivity contribution in [2.24, 2.45) is 0 Å². The van der Waals surface area contributed by atoms with Gasteiger partial charge in [0.25, 0.3) is 0 Å². The third-order valence-corrected chi connectivity index (χ3v) is 10.7. The highest BCUT2D eigenvalue weighted by molar-refractivity contribution is 6.74. The van der Waals surface area contributed by atoms with E-state index >= 15 is 0 Å². The van der Waals surface area contributed by atoms with Crippen molar-refractivity contribution in [1.29, 1.82) is 0 Å². The number of hydrogen-bond acceptors (Lipinski definition) is 2. The molecule has 23 heavy (non-hydrogen) atoms. The number of furan rings is 1. The van der Waals surface area contributed by atoms with Gasteiger partial charge in [0.05, 0.1) is 6.26 Å². The number of aryl methyl sites for hydroxylation is 1. The molecular formula is C20H32O2Si. The second-order valence-electron chi connectivity index (χ2n) is 8.96. The van der Waals surface area contributed by atoms with Crippen LogP contribution in [0.1, 0.15) is 69.3 Å². The van der Waals surface area contributed by atoms with E-state index in [1.54, 1.807) is 0 Å². The van der Waals surface area contributed by atoms with Crippen molar-refractivity contribution in [1.82, 2.24) is 0 Å². The first kappa shape index (κ1) is 17.0. The molecule has 1 aromatic rings. The maximum absolute atomic E-state index is 6.64. The third kappa shape index (κ3) is 3.23. The Hall–Kier alpha value is -0.803. The maximum atomic E-state index is 6.64. The minimum Gasteiger partial charge on any atom is -0.468 e. The van der Waals surface area contributed by atoms with Crippen LogP contribution in [0.2, 0.25) is 18.1 Å². The number of fused-ring (bicyclic) bond motifs is 1. The standard InChI is InChI=1S/C20H32O2Si/c1-14-11-16(22-23(5,6)20(2,3)4)12-18(14)19-17-10-8-7-9-15(17)13-21-19/h13,16,18H,1,7-12H2,2-6H3/t16-,18-/m0/s1. The molecule has 0 amide bonds. The summed E-state index contributed by atoms with van der Waals surface area (Å²) in [6.07, 6.45) is 9.31. The Balaban J connectivity index is 1.75. The zero-order valence-electron chi connectivity index (χ0n) is 15.5. The molecule has 0 bridgehead atoms. The molecule has 1 fully saturated rings. The molecule has 2 nitrogen and oxygen atoms in total. The first-order valence-corrected chi connectivity index (χ1v) is 12.0. The SMILES string of the molecule is C=C1C[C@H](O[Si](C)(C)C(C)(C)C)C[C@@H]1c1occ2c1CCCC2. The summed E-state index contributed by atoms with van der Waals surface area (Å²) in [5.74, 6) is 1.57. The van der Waals surface area contributed by atoms with Gasteiger partial charge in [-0.15, -0.1) is 0 Å². The average molecular weight is 333 g/mol. The largest absolute Gasteiger partial charge is 0.468 e. The van der Waals surface area contributed by atoms with Crippen molar-refractivity contribution in [2.45, 2.75) is 89.5 Å². The highest BCUT2D eigenvalue weighted by Gasteiger charge is 2.42. The molecule has 0 spiro atoms. The Morgan fingerprint density at radius 2 is 1.91 bits per heavy atom. The van der Waals surface area contributed by atoms with Gasteiger partial charge in [-0.25, -0.2) is 0 Å². The smallest absolute Gasteiger partial charge is 0.192 e. The lowest BCUT2D eigenvalue weighted by molar-refractivity contribution is 0.186.